The summed E-state index contributed by atoms with van der Waals surface area (Å²) in [4.78, 5) is 18.9. The molecular weight excluding hydrogens is 322 g/mol. The van der Waals surface area contributed by atoms with Gasteiger partial charge in [0, 0.05) is 24.2 Å². The van der Waals surface area contributed by atoms with Gasteiger partial charge in [0.25, 0.3) is 0 Å². The third-order valence-electron chi connectivity index (χ3n) is 4.08. The molecule has 24 heavy (non-hydrogen) atoms. The van der Waals surface area contributed by atoms with Crippen molar-refractivity contribution in [2.75, 3.05) is 26.3 Å². The van der Waals surface area contributed by atoms with Gasteiger partial charge in [0.2, 0.25) is 0 Å². The van der Waals surface area contributed by atoms with E-state index in [9.17, 15) is 4.79 Å². The molecule has 0 aliphatic carbocycles. The van der Waals surface area contributed by atoms with Crippen LogP contribution in [0.4, 0.5) is 4.79 Å². The van der Waals surface area contributed by atoms with E-state index >= 15 is 0 Å². The molecule has 3 rings (SSSR count). The molecule has 0 bridgehead atoms. The zero-order valence-corrected chi connectivity index (χ0v) is 14.9. The monoisotopic (exact) mass is 345 g/mol. The van der Waals surface area contributed by atoms with Crippen LogP contribution >= 0.6 is 11.3 Å². The first-order valence-corrected chi connectivity index (χ1v) is 9.11. The summed E-state index contributed by atoms with van der Waals surface area (Å²) in [5.74, 6) is 0. The average molecular weight is 345 g/mol. The van der Waals surface area contributed by atoms with Crippen LogP contribution in [0, 0.1) is 13.8 Å². The van der Waals surface area contributed by atoms with Crippen LogP contribution in [0.15, 0.2) is 29.6 Å². The van der Waals surface area contributed by atoms with Crippen LogP contribution in [0.25, 0.3) is 0 Å². The van der Waals surface area contributed by atoms with Crippen molar-refractivity contribution in [3.05, 3.63) is 51.5 Å². The molecule has 5 nitrogen and oxygen atoms in total. The molecule has 2 aromatic rings. The summed E-state index contributed by atoms with van der Waals surface area (Å²) in [6.07, 6.45) is 0.832. The van der Waals surface area contributed by atoms with Gasteiger partial charge in [0.15, 0.2) is 0 Å². The molecule has 0 unspecified atom stereocenters. The molecule has 2 amide bonds. The molecule has 2 heterocycles. The summed E-state index contributed by atoms with van der Waals surface area (Å²) < 4.78 is 5.56. The van der Waals surface area contributed by atoms with E-state index in [2.05, 4.69) is 41.5 Å². The van der Waals surface area contributed by atoms with Gasteiger partial charge in [-0.05, 0) is 25.8 Å². The third-order valence-corrected chi connectivity index (χ3v) is 5.15. The van der Waals surface area contributed by atoms with Gasteiger partial charge >= 0.3 is 6.03 Å². The minimum atomic E-state index is -0.0866. The molecule has 1 N–H and O–H groups in total. The maximum atomic E-state index is 12.6. The van der Waals surface area contributed by atoms with Gasteiger partial charge in [-0.3, -0.25) is 0 Å². The van der Waals surface area contributed by atoms with E-state index in [1.54, 1.807) is 11.3 Å². The highest BCUT2D eigenvalue weighted by molar-refractivity contribution is 7.09. The Kier molecular flexibility index (Phi) is 5.48. The minimum Gasteiger partial charge on any atom is -0.377 e. The van der Waals surface area contributed by atoms with Gasteiger partial charge in [-0.15, -0.1) is 11.3 Å². The number of hydrogen-bond acceptors (Lipinski definition) is 4. The molecule has 6 heteroatoms. The molecular formula is C18H23N3O2S. The number of hydrogen-bond donors (Lipinski definition) is 1. The molecule has 1 aromatic heterocycles. The van der Waals surface area contributed by atoms with Crippen molar-refractivity contribution in [2.45, 2.75) is 26.3 Å². The maximum absolute atomic E-state index is 12.6. The lowest BCUT2D eigenvalue weighted by Crippen LogP contribution is -2.48. The van der Waals surface area contributed by atoms with Gasteiger partial charge in [0.1, 0.15) is 11.0 Å². The Morgan fingerprint density at radius 2 is 2.33 bits per heavy atom. The normalized spacial score (nSPS) is 17.8. The van der Waals surface area contributed by atoms with Crippen molar-refractivity contribution < 1.29 is 9.53 Å². The number of rotatable bonds is 4. The number of ether oxygens (including phenoxy) is 1. The summed E-state index contributed by atoms with van der Waals surface area (Å²) in [5, 5.41) is 5.99. The van der Waals surface area contributed by atoms with Crippen molar-refractivity contribution >= 4 is 17.4 Å². The summed E-state index contributed by atoms with van der Waals surface area (Å²) in [6.45, 7) is 6.36. The van der Waals surface area contributed by atoms with E-state index in [0.717, 1.165) is 17.1 Å². The predicted octanol–water partition coefficient (Wildman–Crippen LogP) is 3.09. The summed E-state index contributed by atoms with van der Waals surface area (Å²) in [5.41, 5.74) is 3.47. The Balaban J connectivity index is 1.58. The van der Waals surface area contributed by atoms with Gasteiger partial charge in [-0.25, -0.2) is 9.78 Å². The lowest BCUT2D eigenvalue weighted by atomic mass is 10.1. The molecule has 1 aliphatic rings. The SMILES string of the molecule is Cc1cccc(CCNC(=O)N2CCOC[C@@H]2c2nc(C)cs2)c1. The second-order valence-corrected chi connectivity index (χ2v) is 6.97. The second kappa shape index (κ2) is 7.77. The van der Waals surface area contributed by atoms with Crippen molar-refractivity contribution in [1.29, 1.82) is 0 Å². The number of carbonyl (C=O) groups excluding carboxylic acids is 1. The number of nitrogens with zero attached hydrogens (tertiary/aromatic N) is 2. The third kappa shape index (κ3) is 4.13. The van der Waals surface area contributed by atoms with E-state index in [1.165, 1.54) is 11.1 Å². The Morgan fingerprint density at radius 1 is 1.46 bits per heavy atom. The van der Waals surface area contributed by atoms with Crippen LogP contribution in [0.3, 0.4) is 0 Å². The first kappa shape index (κ1) is 16.9. The Hall–Kier alpha value is -1.92. The van der Waals surface area contributed by atoms with Crippen LogP contribution in [0.2, 0.25) is 0 Å². The number of aryl methyl sites for hydroxylation is 2. The fourth-order valence-corrected chi connectivity index (χ4v) is 3.75. The molecule has 128 valence electrons. The van der Waals surface area contributed by atoms with E-state index in [4.69, 9.17) is 4.74 Å². The zero-order valence-electron chi connectivity index (χ0n) is 14.1. The molecule has 0 radical (unpaired) electrons. The largest absolute Gasteiger partial charge is 0.377 e. The molecule has 1 aliphatic heterocycles. The number of morpholine rings is 1. The standard InChI is InChI=1S/C18H23N3O2S/c1-13-4-3-5-15(10-13)6-7-19-18(22)21-8-9-23-11-16(21)17-20-14(2)12-24-17/h3-5,10,12,16H,6-9,11H2,1-2H3,(H,19,22)/t16-/m1/s1. The number of nitrogens with one attached hydrogen (secondary N) is 1. The number of amides is 2. The van der Waals surface area contributed by atoms with Crippen molar-refractivity contribution in [3.63, 3.8) is 0 Å². The average Bonchev–Trinajstić information content (AvgIpc) is 3.01. The summed E-state index contributed by atoms with van der Waals surface area (Å²) in [7, 11) is 0. The second-order valence-electron chi connectivity index (χ2n) is 6.08. The smallest absolute Gasteiger partial charge is 0.318 e. The number of aromatic nitrogens is 1. The molecule has 1 aromatic carbocycles. The van der Waals surface area contributed by atoms with Crippen LogP contribution in [0.5, 0.6) is 0 Å². The van der Waals surface area contributed by atoms with E-state index in [0.29, 0.717) is 26.3 Å². The lowest BCUT2D eigenvalue weighted by molar-refractivity contribution is 0.0116. The lowest BCUT2D eigenvalue weighted by Gasteiger charge is -2.34. The van der Waals surface area contributed by atoms with Gasteiger partial charge in [-0.2, -0.15) is 0 Å². The number of carbonyl (C=O) groups is 1. The molecule has 1 atom stereocenters. The maximum Gasteiger partial charge on any atom is 0.318 e. The highest BCUT2D eigenvalue weighted by Crippen LogP contribution is 2.26. The van der Waals surface area contributed by atoms with Crippen molar-refractivity contribution in [2.24, 2.45) is 0 Å². The van der Waals surface area contributed by atoms with Crippen LogP contribution < -0.4 is 5.32 Å². The number of urea groups is 1. The van der Waals surface area contributed by atoms with Gasteiger partial charge < -0.3 is 15.0 Å². The molecule has 1 fully saturated rings. The summed E-state index contributed by atoms with van der Waals surface area (Å²) >= 11 is 1.59. The highest BCUT2D eigenvalue weighted by Gasteiger charge is 2.30. The van der Waals surface area contributed by atoms with Crippen LogP contribution in [0.1, 0.15) is 27.9 Å². The van der Waals surface area contributed by atoms with E-state index < -0.39 is 0 Å². The molecule has 1 saturated heterocycles. The Bertz CT molecular complexity index is 701. The zero-order chi connectivity index (χ0) is 16.9. The van der Waals surface area contributed by atoms with E-state index in [-0.39, 0.29) is 12.1 Å². The van der Waals surface area contributed by atoms with Crippen molar-refractivity contribution in [3.8, 4) is 0 Å². The Morgan fingerprint density at radius 3 is 3.08 bits per heavy atom. The fourth-order valence-electron chi connectivity index (χ4n) is 2.86. The highest BCUT2D eigenvalue weighted by atomic mass is 32.1. The number of thiazole rings is 1. The van der Waals surface area contributed by atoms with Crippen LogP contribution in [-0.2, 0) is 11.2 Å². The fraction of sp³-hybridized carbons (Fsp3) is 0.444. The number of benzene rings is 1. The van der Waals surface area contributed by atoms with E-state index in [1.807, 2.05) is 17.2 Å². The van der Waals surface area contributed by atoms with Crippen LogP contribution in [-0.4, -0.2) is 42.2 Å². The Labute approximate surface area is 146 Å². The molecule has 0 saturated carbocycles. The molecule has 0 spiro atoms. The van der Waals surface area contributed by atoms with Crippen molar-refractivity contribution in [1.82, 2.24) is 15.2 Å². The topological polar surface area (TPSA) is 54.5 Å². The quantitative estimate of drug-likeness (QED) is 0.926. The first-order valence-electron chi connectivity index (χ1n) is 8.23. The van der Waals surface area contributed by atoms with Gasteiger partial charge in [0.05, 0.1) is 13.2 Å². The minimum absolute atomic E-state index is 0.0381. The summed E-state index contributed by atoms with van der Waals surface area (Å²) in [6, 6.07) is 8.25. The van der Waals surface area contributed by atoms with Gasteiger partial charge in [-0.1, -0.05) is 29.8 Å². The first-order chi connectivity index (χ1) is 11.6. The predicted molar refractivity (Wildman–Crippen MR) is 95.4 cm³/mol.